The van der Waals surface area contributed by atoms with Crippen LogP contribution in [0.15, 0.2) is 22.8 Å². The van der Waals surface area contributed by atoms with Gasteiger partial charge in [0, 0.05) is 37.8 Å². The fourth-order valence-electron chi connectivity index (χ4n) is 1.83. The fraction of sp³-hybridized carbons (Fsp3) is 0.286. The number of carboxylic acid groups (broad SMARTS) is 1. The SMILES string of the molecule is COCCCOc1cc2ncc(C(=O)O)c(O)c2cc1Br. The summed E-state index contributed by atoms with van der Waals surface area (Å²) in [6.45, 7) is 1.09. The molecule has 6 nitrogen and oxygen atoms in total. The van der Waals surface area contributed by atoms with E-state index in [1.54, 1.807) is 19.2 Å². The molecule has 0 aliphatic carbocycles. The van der Waals surface area contributed by atoms with Crippen molar-refractivity contribution in [3.63, 3.8) is 0 Å². The third-order valence-corrected chi connectivity index (χ3v) is 3.49. The van der Waals surface area contributed by atoms with Gasteiger partial charge in [0.25, 0.3) is 0 Å². The summed E-state index contributed by atoms with van der Waals surface area (Å²) in [5, 5.41) is 19.3. The molecule has 0 bridgehead atoms. The van der Waals surface area contributed by atoms with Gasteiger partial charge in [-0.25, -0.2) is 4.79 Å². The molecule has 0 aliphatic rings. The maximum atomic E-state index is 11.0. The zero-order chi connectivity index (χ0) is 15.4. The first-order valence-electron chi connectivity index (χ1n) is 6.21. The van der Waals surface area contributed by atoms with Gasteiger partial charge in [-0.3, -0.25) is 4.98 Å². The lowest BCUT2D eigenvalue weighted by Gasteiger charge is -2.10. The van der Waals surface area contributed by atoms with Gasteiger partial charge in [-0.15, -0.1) is 0 Å². The van der Waals surface area contributed by atoms with Gasteiger partial charge < -0.3 is 19.7 Å². The van der Waals surface area contributed by atoms with Crippen LogP contribution >= 0.6 is 15.9 Å². The second-order valence-electron chi connectivity index (χ2n) is 4.32. The number of carbonyl (C=O) groups is 1. The molecule has 0 amide bonds. The van der Waals surface area contributed by atoms with E-state index in [1.807, 2.05) is 0 Å². The van der Waals surface area contributed by atoms with Crippen molar-refractivity contribution < 1.29 is 24.5 Å². The zero-order valence-corrected chi connectivity index (χ0v) is 12.9. The van der Waals surface area contributed by atoms with Crippen LogP contribution in [-0.2, 0) is 4.74 Å². The molecule has 2 N–H and O–H groups in total. The summed E-state index contributed by atoms with van der Waals surface area (Å²) in [7, 11) is 1.62. The largest absolute Gasteiger partial charge is 0.506 e. The second kappa shape index (κ2) is 6.73. The number of methoxy groups -OCH3 is 1. The standard InChI is InChI=1S/C14H14BrNO5/c1-20-3-2-4-21-12-6-11-8(5-10(12)15)13(17)9(7-16-11)14(18)19/h5-7H,2-4H2,1H3,(H,16,17)(H,18,19). The topological polar surface area (TPSA) is 88.9 Å². The van der Waals surface area contributed by atoms with E-state index in [4.69, 9.17) is 14.6 Å². The second-order valence-corrected chi connectivity index (χ2v) is 5.17. The van der Waals surface area contributed by atoms with Crippen molar-refractivity contribution >= 4 is 32.8 Å². The van der Waals surface area contributed by atoms with Crippen LogP contribution in [0.1, 0.15) is 16.8 Å². The first-order valence-corrected chi connectivity index (χ1v) is 7.00. The number of fused-ring (bicyclic) bond motifs is 1. The van der Waals surface area contributed by atoms with Gasteiger partial charge in [0.05, 0.1) is 16.6 Å². The monoisotopic (exact) mass is 355 g/mol. The van der Waals surface area contributed by atoms with Crippen molar-refractivity contribution in [2.75, 3.05) is 20.3 Å². The third kappa shape index (κ3) is 3.43. The molecule has 0 radical (unpaired) electrons. The minimum Gasteiger partial charge on any atom is -0.506 e. The molecule has 2 rings (SSSR count). The normalized spacial score (nSPS) is 10.8. The summed E-state index contributed by atoms with van der Waals surface area (Å²) < 4.78 is 11.2. The minimum absolute atomic E-state index is 0.233. The van der Waals surface area contributed by atoms with Gasteiger partial charge in [-0.2, -0.15) is 0 Å². The summed E-state index contributed by atoms with van der Waals surface area (Å²) in [5.74, 6) is -0.953. The van der Waals surface area contributed by atoms with Crippen LogP contribution < -0.4 is 4.74 Å². The van der Waals surface area contributed by atoms with Gasteiger partial charge in [0.15, 0.2) is 0 Å². The van der Waals surface area contributed by atoms with Gasteiger partial charge in [-0.05, 0) is 22.0 Å². The minimum atomic E-state index is -1.22. The highest BCUT2D eigenvalue weighted by Gasteiger charge is 2.15. The molecule has 112 valence electrons. The summed E-state index contributed by atoms with van der Waals surface area (Å²) in [4.78, 5) is 15.0. The Morgan fingerprint density at radius 3 is 2.81 bits per heavy atom. The molecule has 0 saturated heterocycles. The molecule has 0 spiro atoms. The Morgan fingerprint density at radius 2 is 2.14 bits per heavy atom. The van der Waals surface area contributed by atoms with Gasteiger partial charge in [-0.1, -0.05) is 0 Å². The third-order valence-electron chi connectivity index (χ3n) is 2.87. The number of aromatic hydroxyl groups is 1. The number of rotatable bonds is 6. The summed E-state index contributed by atoms with van der Waals surface area (Å²) in [6, 6.07) is 3.24. The number of carboxylic acids is 1. The van der Waals surface area contributed by atoms with Crippen molar-refractivity contribution in [3.05, 3.63) is 28.4 Å². The van der Waals surface area contributed by atoms with Gasteiger partial charge in [0.1, 0.15) is 17.1 Å². The Morgan fingerprint density at radius 1 is 1.38 bits per heavy atom. The Balaban J connectivity index is 2.33. The molecule has 1 aromatic carbocycles. The summed E-state index contributed by atoms with van der Waals surface area (Å²) in [5.41, 5.74) is 0.227. The highest BCUT2D eigenvalue weighted by Crippen LogP contribution is 2.35. The molecule has 0 fully saturated rings. The van der Waals surface area contributed by atoms with Crippen molar-refractivity contribution in [3.8, 4) is 11.5 Å². The van der Waals surface area contributed by atoms with Crippen LogP contribution in [-0.4, -0.2) is 41.5 Å². The molecule has 0 saturated carbocycles. The first kappa shape index (κ1) is 15.5. The number of benzene rings is 1. The molecule has 7 heteroatoms. The number of aromatic carboxylic acids is 1. The molecule has 1 aromatic heterocycles. The van der Waals surface area contributed by atoms with Crippen LogP contribution in [0.2, 0.25) is 0 Å². The number of ether oxygens (including phenoxy) is 2. The van der Waals surface area contributed by atoms with Crippen LogP contribution in [0.4, 0.5) is 0 Å². The number of nitrogens with zero attached hydrogens (tertiary/aromatic N) is 1. The predicted octanol–water partition coefficient (Wildman–Crippen LogP) is 2.82. The highest BCUT2D eigenvalue weighted by atomic mass is 79.9. The van der Waals surface area contributed by atoms with Gasteiger partial charge in [0.2, 0.25) is 0 Å². The maximum absolute atomic E-state index is 11.0. The van der Waals surface area contributed by atoms with E-state index >= 15 is 0 Å². The zero-order valence-electron chi connectivity index (χ0n) is 11.3. The van der Waals surface area contributed by atoms with Crippen molar-refractivity contribution in [1.29, 1.82) is 0 Å². The molecular formula is C14H14BrNO5. The smallest absolute Gasteiger partial charge is 0.341 e. The van der Waals surface area contributed by atoms with E-state index in [1.165, 1.54) is 0 Å². The number of pyridine rings is 1. The van der Waals surface area contributed by atoms with Crippen LogP contribution in [0.5, 0.6) is 11.5 Å². The molecule has 2 aromatic rings. The molecule has 1 heterocycles. The summed E-state index contributed by atoms with van der Waals surface area (Å²) in [6.07, 6.45) is 1.88. The van der Waals surface area contributed by atoms with Crippen LogP contribution in [0.25, 0.3) is 10.9 Å². The molecule has 21 heavy (non-hydrogen) atoms. The first-order chi connectivity index (χ1) is 10.0. The Hall–Kier alpha value is -1.86. The maximum Gasteiger partial charge on any atom is 0.341 e. The van der Waals surface area contributed by atoms with E-state index in [0.717, 1.165) is 12.6 Å². The van der Waals surface area contributed by atoms with Crippen molar-refractivity contribution in [1.82, 2.24) is 4.98 Å². The Kier molecular flexibility index (Phi) is 4.98. The lowest BCUT2D eigenvalue weighted by atomic mass is 10.1. The van der Waals surface area contributed by atoms with E-state index in [9.17, 15) is 9.90 Å². The number of hydrogen-bond acceptors (Lipinski definition) is 5. The van der Waals surface area contributed by atoms with E-state index in [2.05, 4.69) is 20.9 Å². The highest BCUT2D eigenvalue weighted by molar-refractivity contribution is 9.10. The molecule has 0 aliphatic heterocycles. The van der Waals surface area contributed by atoms with Crippen LogP contribution in [0, 0.1) is 0 Å². The van der Waals surface area contributed by atoms with E-state index < -0.39 is 5.97 Å². The Bertz CT molecular complexity index is 674. The number of aromatic nitrogens is 1. The van der Waals surface area contributed by atoms with Gasteiger partial charge >= 0.3 is 5.97 Å². The lowest BCUT2D eigenvalue weighted by molar-refractivity contribution is 0.0693. The summed E-state index contributed by atoms with van der Waals surface area (Å²) >= 11 is 3.34. The Labute approximate surface area is 129 Å². The average molecular weight is 356 g/mol. The number of halogens is 1. The van der Waals surface area contributed by atoms with E-state index in [0.29, 0.717) is 34.3 Å². The van der Waals surface area contributed by atoms with Crippen molar-refractivity contribution in [2.24, 2.45) is 0 Å². The average Bonchev–Trinajstić information content (AvgIpc) is 2.45. The molecular weight excluding hydrogens is 342 g/mol. The predicted molar refractivity (Wildman–Crippen MR) is 80.1 cm³/mol. The van der Waals surface area contributed by atoms with Crippen LogP contribution in [0.3, 0.4) is 0 Å². The number of hydrogen-bond donors (Lipinski definition) is 2. The lowest BCUT2D eigenvalue weighted by Crippen LogP contribution is -2.02. The van der Waals surface area contributed by atoms with Crippen molar-refractivity contribution in [2.45, 2.75) is 6.42 Å². The molecule has 0 atom stereocenters. The fourth-order valence-corrected chi connectivity index (χ4v) is 2.29. The van der Waals surface area contributed by atoms with E-state index in [-0.39, 0.29) is 11.3 Å². The molecule has 0 unspecified atom stereocenters. The quantitative estimate of drug-likeness (QED) is 0.774.